The molecule has 2 unspecified atom stereocenters. The summed E-state index contributed by atoms with van der Waals surface area (Å²) in [6.45, 7) is 3.21. The maximum Gasteiger partial charge on any atom is 0.315 e. The average Bonchev–Trinajstić information content (AvgIpc) is 4.02. The van der Waals surface area contributed by atoms with Gasteiger partial charge in [0.1, 0.15) is 18.1 Å². The summed E-state index contributed by atoms with van der Waals surface area (Å²) in [6.07, 6.45) is 8.21. The number of urea groups is 1. The molecule has 2 saturated heterocycles. The van der Waals surface area contributed by atoms with Crippen LogP contribution in [0.3, 0.4) is 0 Å². The van der Waals surface area contributed by atoms with Crippen LogP contribution < -0.4 is 59.5 Å². The van der Waals surface area contributed by atoms with E-state index in [1.165, 1.54) is 18.0 Å². The van der Waals surface area contributed by atoms with Crippen LogP contribution in [0.25, 0.3) is 0 Å². The number of thioether (sulfide) groups is 1. The lowest BCUT2D eigenvalue weighted by Gasteiger charge is -2.26. The molecule has 24 heteroatoms. The van der Waals surface area contributed by atoms with Gasteiger partial charge in [0, 0.05) is 54.6 Å². The molecule has 1 aromatic rings. The molecule has 358 valence electrons. The van der Waals surface area contributed by atoms with E-state index in [1.54, 1.807) is 6.92 Å². The molecular formula is C40H67N13O10S. The second kappa shape index (κ2) is 28.3. The number of H-pyrrole nitrogens is 1. The summed E-state index contributed by atoms with van der Waals surface area (Å²) in [5.74, 6) is -5.38. The molecule has 15 N–H and O–H groups in total. The van der Waals surface area contributed by atoms with Gasteiger partial charge in [-0.25, -0.2) is 15.3 Å². The van der Waals surface area contributed by atoms with Crippen molar-refractivity contribution in [3.63, 3.8) is 0 Å². The lowest BCUT2D eigenvalue weighted by molar-refractivity contribution is -0.138. The molecule has 0 radical (unpaired) electrons. The molecule has 64 heavy (non-hydrogen) atoms. The fraction of sp³-hybridized carbons (Fsp3) is 0.700. The van der Waals surface area contributed by atoms with E-state index in [9.17, 15) is 43.2 Å². The van der Waals surface area contributed by atoms with Crippen LogP contribution >= 0.6 is 11.8 Å². The number of aromatic nitrogens is 2. The zero-order chi connectivity index (χ0) is 47.0. The molecule has 0 saturated carbocycles. The molecule has 0 aromatic carbocycles. The van der Waals surface area contributed by atoms with Crippen molar-refractivity contribution in [3.05, 3.63) is 18.2 Å². The number of nitrogens with one attached hydrogen (secondary N) is 10. The molecule has 10 amide bonds. The summed E-state index contributed by atoms with van der Waals surface area (Å²) < 4.78 is 0. The highest BCUT2D eigenvalue weighted by atomic mass is 32.2. The minimum Gasteiger partial charge on any atom is -0.368 e. The van der Waals surface area contributed by atoms with Gasteiger partial charge in [-0.3, -0.25) is 43.6 Å². The number of nitrogens with two attached hydrogens (primary N) is 2. The number of rotatable bonds is 31. The number of fused-ring (bicyclic) bond motifs is 1. The molecule has 8 atom stereocenters. The number of unbranched alkanes of at least 4 members (excludes halogenated alkanes) is 3. The van der Waals surface area contributed by atoms with E-state index < -0.39 is 78.5 Å². The number of amides is 10. The Balaban J connectivity index is 1.41. The number of hydrogen-bond acceptors (Lipinski definition) is 13. The summed E-state index contributed by atoms with van der Waals surface area (Å²) in [4.78, 5) is 121. The van der Waals surface area contributed by atoms with Crippen LogP contribution in [0.5, 0.6) is 0 Å². The highest BCUT2D eigenvalue weighted by Crippen LogP contribution is 2.33. The van der Waals surface area contributed by atoms with E-state index >= 15 is 0 Å². The Bertz CT molecular complexity index is 1720. The number of hydrogen-bond donors (Lipinski definition) is 13. The Morgan fingerprint density at radius 1 is 0.828 bits per heavy atom. The van der Waals surface area contributed by atoms with E-state index in [2.05, 4.69) is 52.5 Å². The van der Waals surface area contributed by atoms with Crippen LogP contribution in [0.4, 0.5) is 4.79 Å². The van der Waals surface area contributed by atoms with Gasteiger partial charge >= 0.3 is 6.03 Å². The number of aromatic amines is 1. The van der Waals surface area contributed by atoms with E-state index in [0.717, 1.165) is 25.0 Å². The third-order valence-electron chi connectivity index (χ3n) is 11.3. The lowest BCUT2D eigenvalue weighted by atomic mass is 9.87. The van der Waals surface area contributed by atoms with Crippen LogP contribution in [0.2, 0.25) is 0 Å². The second-order valence-corrected chi connectivity index (χ2v) is 17.4. The summed E-state index contributed by atoms with van der Waals surface area (Å²) in [5, 5.41) is 30.8. The average molecular weight is 922 g/mol. The predicted molar refractivity (Wildman–Crippen MR) is 235 cm³/mol. The summed E-state index contributed by atoms with van der Waals surface area (Å²) in [7, 11) is 0. The number of carbonyl (C=O) groups is 9. The standard InChI is InChI=1S/C40H67N13O10S/c1-3-23(2)25(17-32(55)53-63)37(59)50-28(16-24-18-43-22-47-24)39(61)49-27(11-6-8-14-41)38(60)46-19-33(56)45-20-34(57)48-26(36(42)58)10-7-9-15-44-31(54)13-5-4-12-30-35-29(21-64-30)51-40(62)52-35/h18,22-23,25-30,35,63H,3-17,19-21,41H2,1-2H3,(H2,42,58)(H,43,47)(H,44,54)(H,45,56)(H,46,60)(H,48,57)(H,49,61)(H,50,59)(H,53,55)(H2,51,52,62)/t23?,25?,26-,27-,28-,29-,30-,35-/m0/s1. The smallest absolute Gasteiger partial charge is 0.315 e. The van der Waals surface area contributed by atoms with E-state index in [4.69, 9.17) is 16.7 Å². The van der Waals surface area contributed by atoms with Gasteiger partial charge in [0.25, 0.3) is 0 Å². The van der Waals surface area contributed by atoms with Crippen molar-refractivity contribution >= 4 is 65.1 Å². The summed E-state index contributed by atoms with van der Waals surface area (Å²) in [6, 6.07) is -3.21. The largest absolute Gasteiger partial charge is 0.368 e. The molecule has 3 heterocycles. The monoisotopic (exact) mass is 921 g/mol. The van der Waals surface area contributed by atoms with Gasteiger partial charge < -0.3 is 59.0 Å². The molecule has 0 bridgehead atoms. The summed E-state index contributed by atoms with van der Waals surface area (Å²) >= 11 is 1.83. The Hall–Kier alpha value is -5.49. The third kappa shape index (κ3) is 18.7. The number of imidazole rings is 1. The zero-order valence-corrected chi connectivity index (χ0v) is 37.4. The molecule has 3 rings (SSSR count). The Labute approximate surface area is 376 Å². The van der Waals surface area contributed by atoms with Crippen molar-refractivity contribution < 1.29 is 48.4 Å². The van der Waals surface area contributed by atoms with E-state index in [1.807, 2.05) is 18.7 Å². The van der Waals surface area contributed by atoms with E-state index in [0.29, 0.717) is 62.6 Å². The first-order valence-electron chi connectivity index (χ1n) is 21.9. The van der Waals surface area contributed by atoms with Gasteiger partial charge in [-0.2, -0.15) is 11.8 Å². The van der Waals surface area contributed by atoms with Crippen molar-refractivity contribution in [1.29, 1.82) is 0 Å². The highest BCUT2D eigenvalue weighted by Gasteiger charge is 2.42. The minimum atomic E-state index is -1.22. The summed E-state index contributed by atoms with van der Waals surface area (Å²) in [5.41, 5.74) is 13.2. The Morgan fingerprint density at radius 2 is 1.55 bits per heavy atom. The molecule has 1 aromatic heterocycles. The van der Waals surface area contributed by atoms with Crippen LogP contribution in [0.1, 0.15) is 96.6 Å². The number of nitrogens with zero attached hydrogens (tertiary/aromatic N) is 1. The maximum atomic E-state index is 13.7. The first-order chi connectivity index (χ1) is 30.6. The molecule has 2 aliphatic rings. The van der Waals surface area contributed by atoms with Crippen LogP contribution in [0, 0.1) is 11.8 Å². The van der Waals surface area contributed by atoms with Gasteiger partial charge in [-0.05, 0) is 63.8 Å². The quantitative estimate of drug-likeness (QED) is 0.0163. The van der Waals surface area contributed by atoms with Crippen LogP contribution in [-0.2, 0) is 44.8 Å². The fourth-order valence-corrected chi connectivity index (χ4v) is 8.89. The molecule has 0 spiro atoms. The number of primary amides is 1. The minimum absolute atomic E-state index is 0.0434. The Morgan fingerprint density at radius 3 is 2.23 bits per heavy atom. The second-order valence-electron chi connectivity index (χ2n) is 16.1. The number of hydroxylamine groups is 1. The van der Waals surface area contributed by atoms with Crippen molar-refractivity contribution in [1.82, 2.24) is 58.0 Å². The maximum absolute atomic E-state index is 13.7. The molecular weight excluding hydrogens is 855 g/mol. The number of carbonyl (C=O) groups excluding carboxylic acids is 9. The van der Waals surface area contributed by atoms with Crippen molar-refractivity contribution in [2.45, 2.75) is 133 Å². The zero-order valence-electron chi connectivity index (χ0n) is 36.6. The predicted octanol–water partition coefficient (Wildman–Crippen LogP) is -2.18. The van der Waals surface area contributed by atoms with Gasteiger partial charge in [0.2, 0.25) is 47.3 Å². The van der Waals surface area contributed by atoms with Gasteiger partial charge in [0.05, 0.1) is 31.5 Å². The lowest BCUT2D eigenvalue weighted by Crippen LogP contribution is -2.56. The van der Waals surface area contributed by atoms with Gasteiger partial charge in [-0.15, -0.1) is 0 Å². The first kappa shape index (κ1) is 52.9. The van der Waals surface area contributed by atoms with Gasteiger partial charge in [0.15, 0.2) is 0 Å². The Kier molecular flexibility index (Phi) is 23.4. The fourth-order valence-electron chi connectivity index (χ4n) is 7.35. The van der Waals surface area contributed by atoms with Crippen LogP contribution in [0.15, 0.2) is 12.5 Å². The van der Waals surface area contributed by atoms with Crippen LogP contribution in [-0.4, -0.2) is 136 Å². The van der Waals surface area contributed by atoms with Crippen molar-refractivity contribution in [2.24, 2.45) is 23.3 Å². The molecule has 0 aliphatic carbocycles. The van der Waals surface area contributed by atoms with E-state index in [-0.39, 0.29) is 55.6 Å². The molecule has 2 fully saturated rings. The molecule has 23 nitrogen and oxygen atoms in total. The molecule has 2 aliphatic heterocycles. The third-order valence-corrected chi connectivity index (χ3v) is 12.8. The topological polar surface area (TPSA) is 363 Å². The normalized spacial score (nSPS) is 18.7. The van der Waals surface area contributed by atoms with Crippen molar-refractivity contribution in [3.8, 4) is 0 Å². The van der Waals surface area contributed by atoms with Gasteiger partial charge in [-0.1, -0.05) is 26.7 Å². The SMILES string of the molecule is CCC(C)C(CC(=O)NO)C(=O)N[C@@H](Cc1cnc[nH]1)C(=O)N[C@@H](CCCCN)C(=O)NCC(=O)NCC(=O)N[C@@H](CCCCNC(=O)CCCC[C@@H]1SC[C@@H]2NC(=O)N[C@@H]21)C(N)=O. The van der Waals surface area contributed by atoms with Crippen molar-refractivity contribution in [2.75, 3.05) is 31.9 Å². The highest BCUT2D eigenvalue weighted by molar-refractivity contribution is 8.00. The first-order valence-corrected chi connectivity index (χ1v) is 23.0.